The summed E-state index contributed by atoms with van der Waals surface area (Å²) in [6.45, 7) is 2.67. The van der Waals surface area contributed by atoms with Crippen LogP contribution in [0.1, 0.15) is 44.1 Å². The highest BCUT2D eigenvalue weighted by atomic mass is 16.4. The van der Waals surface area contributed by atoms with E-state index in [-0.39, 0.29) is 23.7 Å². The van der Waals surface area contributed by atoms with E-state index in [2.05, 4.69) is 24.4 Å². The fraction of sp³-hybridized carbons (Fsp3) is 0.529. The molecule has 3 atom stereocenters. The molecule has 4 heteroatoms. The zero-order valence-electron chi connectivity index (χ0n) is 12.4. The molecule has 0 spiro atoms. The Morgan fingerprint density at radius 1 is 1.24 bits per heavy atom. The average Bonchev–Trinajstić information content (AvgIpc) is 2.53. The zero-order valence-corrected chi connectivity index (χ0v) is 12.4. The van der Waals surface area contributed by atoms with Crippen molar-refractivity contribution >= 4 is 11.9 Å². The topological polar surface area (TPSA) is 66.4 Å². The largest absolute Gasteiger partial charge is 0.481 e. The van der Waals surface area contributed by atoms with E-state index in [1.165, 1.54) is 5.56 Å². The van der Waals surface area contributed by atoms with E-state index >= 15 is 0 Å². The Morgan fingerprint density at radius 2 is 1.90 bits per heavy atom. The Balaban J connectivity index is 1.83. The highest BCUT2D eigenvalue weighted by Gasteiger charge is 2.30. The second kappa shape index (κ2) is 7.25. The third-order valence-corrected chi connectivity index (χ3v) is 4.35. The average molecular weight is 289 g/mol. The third kappa shape index (κ3) is 4.31. The van der Waals surface area contributed by atoms with Crippen LogP contribution in [0.5, 0.6) is 0 Å². The fourth-order valence-electron chi connectivity index (χ4n) is 2.95. The number of benzene rings is 1. The lowest BCUT2D eigenvalue weighted by atomic mass is 9.81. The standard InChI is InChI=1S/C17H23NO3/c1-12(13-6-3-2-4-7-13)11-18-16(19)14-8-5-9-15(10-14)17(20)21/h2-4,6-7,12,14-15H,5,8-11H2,1H3,(H,18,19)(H,20,21). The first-order valence-corrected chi connectivity index (χ1v) is 7.63. The van der Waals surface area contributed by atoms with Crippen molar-refractivity contribution < 1.29 is 14.7 Å². The normalized spacial score (nSPS) is 23.3. The lowest BCUT2D eigenvalue weighted by molar-refractivity contribution is -0.144. The van der Waals surface area contributed by atoms with Crippen molar-refractivity contribution in [3.8, 4) is 0 Å². The maximum absolute atomic E-state index is 12.2. The number of carboxylic acid groups (broad SMARTS) is 1. The van der Waals surface area contributed by atoms with Gasteiger partial charge in [0.15, 0.2) is 0 Å². The minimum atomic E-state index is -0.773. The SMILES string of the molecule is CC(CNC(=O)C1CCCC(C(=O)O)C1)c1ccccc1. The van der Waals surface area contributed by atoms with Crippen LogP contribution in [0, 0.1) is 11.8 Å². The molecule has 21 heavy (non-hydrogen) atoms. The van der Waals surface area contributed by atoms with Crippen molar-refractivity contribution in [3.05, 3.63) is 35.9 Å². The van der Waals surface area contributed by atoms with Gasteiger partial charge in [-0.3, -0.25) is 9.59 Å². The van der Waals surface area contributed by atoms with Crippen molar-refractivity contribution in [2.75, 3.05) is 6.54 Å². The van der Waals surface area contributed by atoms with Gasteiger partial charge in [0.25, 0.3) is 0 Å². The first kappa shape index (κ1) is 15.5. The van der Waals surface area contributed by atoms with Gasteiger partial charge in [-0.15, -0.1) is 0 Å². The van der Waals surface area contributed by atoms with Crippen molar-refractivity contribution in [1.29, 1.82) is 0 Å². The monoisotopic (exact) mass is 289 g/mol. The van der Waals surface area contributed by atoms with Gasteiger partial charge >= 0.3 is 5.97 Å². The van der Waals surface area contributed by atoms with Gasteiger partial charge in [-0.05, 0) is 30.7 Å². The van der Waals surface area contributed by atoms with Crippen LogP contribution in [0.15, 0.2) is 30.3 Å². The summed E-state index contributed by atoms with van der Waals surface area (Å²) < 4.78 is 0. The molecule has 1 saturated carbocycles. The molecule has 0 bridgehead atoms. The summed E-state index contributed by atoms with van der Waals surface area (Å²) in [5.74, 6) is -1.02. The molecule has 0 aromatic heterocycles. The number of carbonyl (C=O) groups is 2. The fourth-order valence-corrected chi connectivity index (χ4v) is 2.95. The van der Waals surface area contributed by atoms with Crippen molar-refractivity contribution in [2.24, 2.45) is 11.8 Å². The second-order valence-electron chi connectivity index (χ2n) is 5.96. The molecule has 114 valence electrons. The van der Waals surface area contributed by atoms with E-state index in [4.69, 9.17) is 5.11 Å². The van der Waals surface area contributed by atoms with Gasteiger partial charge in [0.2, 0.25) is 5.91 Å². The van der Waals surface area contributed by atoms with Crippen LogP contribution in [0.2, 0.25) is 0 Å². The van der Waals surface area contributed by atoms with Gasteiger partial charge in [0, 0.05) is 12.5 Å². The molecule has 0 saturated heterocycles. The molecule has 2 N–H and O–H groups in total. The summed E-state index contributed by atoms with van der Waals surface area (Å²) in [4.78, 5) is 23.2. The molecule has 4 nitrogen and oxygen atoms in total. The zero-order chi connectivity index (χ0) is 15.2. The lowest BCUT2D eigenvalue weighted by Gasteiger charge is -2.26. The Morgan fingerprint density at radius 3 is 2.57 bits per heavy atom. The van der Waals surface area contributed by atoms with Crippen molar-refractivity contribution in [3.63, 3.8) is 0 Å². The van der Waals surface area contributed by atoms with E-state index in [1.54, 1.807) is 0 Å². The molecular weight excluding hydrogens is 266 g/mol. The molecule has 3 unspecified atom stereocenters. The predicted molar refractivity (Wildman–Crippen MR) is 81.0 cm³/mol. The minimum Gasteiger partial charge on any atom is -0.481 e. The van der Waals surface area contributed by atoms with Crippen LogP contribution in [0.3, 0.4) is 0 Å². The molecule has 0 aliphatic heterocycles. The number of amides is 1. The number of hydrogen-bond acceptors (Lipinski definition) is 2. The Bertz CT molecular complexity index is 486. The van der Waals surface area contributed by atoms with E-state index in [0.29, 0.717) is 19.4 Å². The molecule has 1 aliphatic rings. The molecule has 1 aromatic carbocycles. The van der Waals surface area contributed by atoms with Gasteiger partial charge in [0.1, 0.15) is 0 Å². The Hall–Kier alpha value is -1.84. The van der Waals surface area contributed by atoms with Gasteiger partial charge < -0.3 is 10.4 Å². The molecule has 2 rings (SSSR count). The minimum absolute atomic E-state index is 0.00345. The summed E-state index contributed by atoms with van der Waals surface area (Å²) in [6.07, 6.45) is 2.79. The number of nitrogens with one attached hydrogen (secondary N) is 1. The van der Waals surface area contributed by atoms with Crippen LogP contribution < -0.4 is 5.32 Å². The third-order valence-electron chi connectivity index (χ3n) is 4.35. The molecule has 1 amide bonds. The van der Waals surface area contributed by atoms with Gasteiger partial charge in [-0.1, -0.05) is 43.7 Å². The number of carboxylic acids is 1. The summed E-state index contributed by atoms with van der Waals surface area (Å²) in [6, 6.07) is 10.1. The smallest absolute Gasteiger partial charge is 0.306 e. The van der Waals surface area contributed by atoms with Gasteiger partial charge in [-0.25, -0.2) is 0 Å². The Labute approximate surface area is 125 Å². The number of carbonyl (C=O) groups excluding carboxylic acids is 1. The molecule has 0 heterocycles. The van der Waals surface area contributed by atoms with E-state index < -0.39 is 5.97 Å². The van der Waals surface area contributed by atoms with Gasteiger partial charge in [0.05, 0.1) is 5.92 Å². The Kier molecular flexibility index (Phi) is 5.37. The lowest BCUT2D eigenvalue weighted by Crippen LogP contribution is -2.37. The van der Waals surface area contributed by atoms with Crippen LogP contribution in [-0.2, 0) is 9.59 Å². The maximum Gasteiger partial charge on any atom is 0.306 e. The highest BCUT2D eigenvalue weighted by Crippen LogP contribution is 2.29. The summed E-state index contributed by atoms with van der Waals surface area (Å²) >= 11 is 0. The maximum atomic E-state index is 12.2. The number of rotatable bonds is 5. The van der Waals surface area contributed by atoms with E-state index in [9.17, 15) is 9.59 Å². The van der Waals surface area contributed by atoms with Gasteiger partial charge in [-0.2, -0.15) is 0 Å². The second-order valence-corrected chi connectivity index (χ2v) is 5.96. The van der Waals surface area contributed by atoms with Crippen LogP contribution >= 0.6 is 0 Å². The van der Waals surface area contributed by atoms with Crippen molar-refractivity contribution in [1.82, 2.24) is 5.32 Å². The summed E-state index contributed by atoms with van der Waals surface area (Å²) in [7, 11) is 0. The summed E-state index contributed by atoms with van der Waals surface area (Å²) in [5.41, 5.74) is 1.20. The van der Waals surface area contributed by atoms with Crippen LogP contribution in [-0.4, -0.2) is 23.5 Å². The highest BCUT2D eigenvalue weighted by molar-refractivity contribution is 5.80. The number of hydrogen-bond donors (Lipinski definition) is 2. The van der Waals surface area contributed by atoms with E-state index in [0.717, 1.165) is 12.8 Å². The molecule has 1 fully saturated rings. The molecule has 0 radical (unpaired) electrons. The summed E-state index contributed by atoms with van der Waals surface area (Å²) in [5, 5.41) is 12.1. The first-order chi connectivity index (χ1) is 10.1. The van der Waals surface area contributed by atoms with Crippen molar-refractivity contribution in [2.45, 2.75) is 38.5 Å². The van der Waals surface area contributed by atoms with Crippen LogP contribution in [0.4, 0.5) is 0 Å². The molecule has 1 aromatic rings. The van der Waals surface area contributed by atoms with E-state index in [1.807, 2.05) is 18.2 Å². The van der Waals surface area contributed by atoms with Crippen LogP contribution in [0.25, 0.3) is 0 Å². The quantitative estimate of drug-likeness (QED) is 0.876. The number of aliphatic carboxylic acids is 1. The first-order valence-electron chi connectivity index (χ1n) is 7.63. The molecular formula is C17H23NO3. The predicted octanol–water partition coefficient (Wildman–Crippen LogP) is 2.80. The molecule has 1 aliphatic carbocycles.